The van der Waals surface area contributed by atoms with Crippen LogP contribution in [0.15, 0.2) is 91.5 Å². The smallest absolute Gasteiger partial charge is 0.277 e. The maximum Gasteiger partial charge on any atom is 0.277 e. The van der Waals surface area contributed by atoms with Gasteiger partial charge < -0.3 is 10.3 Å². The van der Waals surface area contributed by atoms with Gasteiger partial charge in [0.15, 0.2) is 0 Å². The van der Waals surface area contributed by atoms with Crippen molar-refractivity contribution in [2.75, 3.05) is 0 Å². The fourth-order valence-electron chi connectivity index (χ4n) is 3.65. The molecule has 2 N–H and O–H groups in total. The summed E-state index contributed by atoms with van der Waals surface area (Å²) in [6.07, 6.45) is 5.29. The number of hydrogen-bond acceptors (Lipinski definition) is 4. The Kier molecular flexibility index (Phi) is 5.18. The first kappa shape index (κ1) is 18.6. The Morgan fingerprint density at radius 3 is 2.41 bits per heavy atom. The maximum absolute atomic E-state index is 11.9. The molecule has 0 spiro atoms. The Labute approximate surface area is 168 Å². The van der Waals surface area contributed by atoms with Crippen molar-refractivity contribution in [3.63, 3.8) is 0 Å². The third kappa shape index (κ3) is 3.66. The third-order valence-electron chi connectivity index (χ3n) is 5.00. The van der Waals surface area contributed by atoms with Crippen molar-refractivity contribution in [2.24, 2.45) is 5.73 Å². The fourth-order valence-corrected chi connectivity index (χ4v) is 3.65. The van der Waals surface area contributed by atoms with Gasteiger partial charge in [-0.3, -0.25) is 10.1 Å². The molecule has 6 nitrogen and oxygen atoms in total. The number of nitrogens with two attached hydrogens (primary N) is 1. The molecule has 1 aromatic heterocycles. The van der Waals surface area contributed by atoms with Crippen molar-refractivity contribution in [3.05, 3.63) is 118 Å². The molecule has 29 heavy (non-hydrogen) atoms. The molecule has 1 unspecified atom stereocenters. The Bertz CT molecular complexity index is 1120. The molecular formula is C23H20N4O2. The van der Waals surface area contributed by atoms with Crippen molar-refractivity contribution < 1.29 is 4.92 Å². The van der Waals surface area contributed by atoms with Crippen LogP contribution in [0.3, 0.4) is 0 Å². The van der Waals surface area contributed by atoms with Crippen molar-refractivity contribution in [1.29, 1.82) is 0 Å². The zero-order valence-electron chi connectivity index (χ0n) is 15.7. The Balaban J connectivity index is 1.88. The molecule has 0 amide bonds. The van der Waals surface area contributed by atoms with E-state index in [1.807, 2.05) is 77.5 Å². The standard InChI is InChI=1S/C23H20N4O2/c24-15-19-8-4-5-9-20(19)21-11-10-18(14-22(21)27(28)29)23(26-13-12-25-16-26)17-6-2-1-3-7-17/h1-14,16,23H,15,24H2. The quantitative estimate of drug-likeness (QED) is 0.390. The molecular weight excluding hydrogens is 364 g/mol. The number of nitro benzene ring substituents is 1. The zero-order chi connectivity index (χ0) is 20.2. The number of nitro groups is 1. The minimum absolute atomic E-state index is 0.0597. The molecule has 0 aliphatic heterocycles. The van der Waals surface area contributed by atoms with Crippen LogP contribution < -0.4 is 5.73 Å². The molecule has 3 aromatic carbocycles. The van der Waals surface area contributed by atoms with Gasteiger partial charge in [0.2, 0.25) is 0 Å². The van der Waals surface area contributed by atoms with E-state index in [0.29, 0.717) is 12.1 Å². The number of imidazole rings is 1. The highest BCUT2D eigenvalue weighted by Crippen LogP contribution is 2.36. The normalized spacial score (nSPS) is 11.9. The second-order valence-electron chi connectivity index (χ2n) is 6.72. The van der Waals surface area contributed by atoms with E-state index in [1.54, 1.807) is 18.6 Å². The summed E-state index contributed by atoms with van der Waals surface area (Å²) in [4.78, 5) is 15.8. The molecule has 1 atom stereocenters. The molecule has 0 saturated heterocycles. The predicted octanol–water partition coefficient (Wildman–Crippen LogP) is 4.55. The summed E-state index contributed by atoms with van der Waals surface area (Å²) < 4.78 is 1.95. The van der Waals surface area contributed by atoms with Crippen molar-refractivity contribution >= 4 is 5.69 Å². The van der Waals surface area contributed by atoms with Crippen LogP contribution in [-0.4, -0.2) is 14.5 Å². The summed E-state index contributed by atoms with van der Waals surface area (Å²) in [5, 5.41) is 11.9. The molecule has 4 rings (SSSR count). The van der Waals surface area contributed by atoms with E-state index in [4.69, 9.17) is 5.73 Å². The lowest BCUT2D eigenvalue weighted by molar-refractivity contribution is -0.384. The van der Waals surface area contributed by atoms with Crippen LogP contribution in [0.4, 0.5) is 5.69 Å². The lowest BCUT2D eigenvalue weighted by atomic mass is 9.93. The van der Waals surface area contributed by atoms with E-state index in [9.17, 15) is 10.1 Å². The largest absolute Gasteiger partial charge is 0.326 e. The first-order valence-electron chi connectivity index (χ1n) is 9.28. The molecule has 0 radical (unpaired) electrons. The van der Waals surface area contributed by atoms with Crippen molar-refractivity contribution in [3.8, 4) is 11.1 Å². The second-order valence-corrected chi connectivity index (χ2v) is 6.72. The van der Waals surface area contributed by atoms with E-state index < -0.39 is 0 Å². The van der Waals surface area contributed by atoms with E-state index >= 15 is 0 Å². The molecule has 1 heterocycles. The van der Waals surface area contributed by atoms with Gasteiger partial charge in [-0.25, -0.2) is 4.98 Å². The van der Waals surface area contributed by atoms with Gasteiger partial charge >= 0.3 is 0 Å². The van der Waals surface area contributed by atoms with Gasteiger partial charge in [0, 0.05) is 25.0 Å². The summed E-state index contributed by atoms with van der Waals surface area (Å²) in [6.45, 7) is 0.316. The molecule has 0 aliphatic carbocycles. The number of benzene rings is 3. The number of rotatable bonds is 6. The van der Waals surface area contributed by atoms with Gasteiger partial charge in [-0.1, -0.05) is 60.7 Å². The fraction of sp³-hybridized carbons (Fsp3) is 0.0870. The first-order chi connectivity index (χ1) is 14.2. The Hall–Kier alpha value is -3.77. The molecule has 4 aromatic rings. The predicted molar refractivity (Wildman–Crippen MR) is 112 cm³/mol. The van der Waals surface area contributed by atoms with Crippen LogP contribution in [0, 0.1) is 10.1 Å². The highest BCUT2D eigenvalue weighted by atomic mass is 16.6. The molecule has 0 bridgehead atoms. The lowest BCUT2D eigenvalue weighted by Crippen LogP contribution is -2.11. The summed E-state index contributed by atoms with van der Waals surface area (Å²) in [6, 6.07) is 22.6. The van der Waals surface area contributed by atoms with Gasteiger partial charge in [-0.2, -0.15) is 0 Å². The number of hydrogen-bond donors (Lipinski definition) is 1. The zero-order valence-corrected chi connectivity index (χ0v) is 15.7. The molecule has 0 saturated carbocycles. The van der Waals surface area contributed by atoms with Gasteiger partial charge in [-0.15, -0.1) is 0 Å². The summed E-state index contributed by atoms with van der Waals surface area (Å²) in [7, 11) is 0. The van der Waals surface area contributed by atoms with Crippen LogP contribution in [0.2, 0.25) is 0 Å². The second kappa shape index (κ2) is 8.08. The Morgan fingerprint density at radius 1 is 0.966 bits per heavy atom. The average molecular weight is 384 g/mol. The van der Waals surface area contributed by atoms with Crippen LogP contribution in [0.5, 0.6) is 0 Å². The maximum atomic E-state index is 11.9. The van der Waals surface area contributed by atoms with Gasteiger partial charge in [0.05, 0.1) is 22.9 Å². The first-order valence-corrected chi connectivity index (χ1v) is 9.28. The Morgan fingerprint density at radius 2 is 1.72 bits per heavy atom. The lowest BCUT2D eigenvalue weighted by Gasteiger charge is -2.20. The van der Waals surface area contributed by atoms with E-state index in [1.165, 1.54) is 0 Å². The molecule has 0 aliphatic rings. The van der Waals surface area contributed by atoms with E-state index in [2.05, 4.69) is 4.98 Å². The van der Waals surface area contributed by atoms with Crippen LogP contribution >= 0.6 is 0 Å². The van der Waals surface area contributed by atoms with E-state index in [0.717, 1.165) is 22.3 Å². The van der Waals surface area contributed by atoms with Crippen molar-refractivity contribution in [1.82, 2.24) is 9.55 Å². The number of aromatic nitrogens is 2. The summed E-state index contributed by atoms with van der Waals surface area (Å²) >= 11 is 0. The minimum atomic E-state index is -0.331. The highest BCUT2D eigenvalue weighted by molar-refractivity contribution is 5.76. The van der Waals surface area contributed by atoms with E-state index in [-0.39, 0.29) is 16.7 Å². The number of nitrogens with zero attached hydrogens (tertiary/aromatic N) is 3. The highest BCUT2D eigenvalue weighted by Gasteiger charge is 2.23. The van der Waals surface area contributed by atoms with Crippen LogP contribution in [0.25, 0.3) is 11.1 Å². The topological polar surface area (TPSA) is 87.0 Å². The minimum Gasteiger partial charge on any atom is -0.326 e. The molecule has 6 heteroatoms. The van der Waals surface area contributed by atoms with Crippen molar-refractivity contribution in [2.45, 2.75) is 12.6 Å². The van der Waals surface area contributed by atoms with Gasteiger partial charge in [-0.05, 0) is 28.3 Å². The molecule has 0 fully saturated rings. The van der Waals surface area contributed by atoms with Gasteiger partial charge in [0.25, 0.3) is 5.69 Å². The average Bonchev–Trinajstić information content (AvgIpc) is 3.29. The van der Waals surface area contributed by atoms with Gasteiger partial charge in [0.1, 0.15) is 0 Å². The monoisotopic (exact) mass is 384 g/mol. The summed E-state index contributed by atoms with van der Waals surface area (Å²) in [5.41, 5.74) is 9.97. The molecule has 144 valence electrons. The van der Waals surface area contributed by atoms with Crippen LogP contribution in [-0.2, 0) is 6.54 Å². The van der Waals surface area contributed by atoms with Crippen LogP contribution in [0.1, 0.15) is 22.7 Å². The SMILES string of the molecule is NCc1ccccc1-c1ccc(C(c2ccccc2)n2ccnc2)cc1[N+](=O)[O-]. The summed E-state index contributed by atoms with van der Waals surface area (Å²) in [5.74, 6) is 0. The third-order valence-corrected chi connectivity index (χ3v) is 5.00.